The molecule has 0 radical (unpaired) electrons. The molecule has 0 bridgehead atoms. The fourth-order valence-corrected chi connectivity index (χ4v) is 3.33. The van der Waals surface area contributed by atoms with Crippen LogP contribution >= 0.6 is 11.8 Å². The zero-order valence-electron chi connectivity index (χ0n) is 18.0. The van der Waals surface area contributed by atoms with Crippen molar-refractivity contribution < 1.29 is 14.7 Å². The van der Waals surface area contributed by atoms with Crippen molar-refractivity contribution in [1.29, 1.82) is 0 Å². The third kappa shape index (κ3) is 18.1. The zero-order valence-corrected chi connectivity index (χ0v) is 18.8. The molecule has 0 aliphatic rings. The van der Waals surface area contributed by atoms with Gasteiger partial charge in [0, 0.05) is 6.42 Å². The number of hydrogen-bond donors (Lipinski definition) is 2. The maximum atomic E-state index is 11.9. The Balaban J connectivity index is 3.54. The zero-order chi connectivity index (χ0) is 20.9. The number of amides is 1. The molecule has 0 spiro atoms. The van der Waals surface area contributed by atoms with Gasteiger partial charge in [-0.25, -0.2) is 4.79 Å². The summed E-state index contributed by atoms with van der Waals surface area (Å²) in [6, 6.07) is -0.752. The molecule has 0 aliphatic heterocycles. The van der Waals surface area contributed by atoms with Gasteiger partial charge in [0.2, 0.25) is 5.91 Å². The van der Waals surface area contributed by atoms with Crippen molar-refractivity contribution in [2.24, 2.45) is 0 Å². The normalized spacial score (nSPS) is 12.6. The van der Waals surface area contributed by atoms with Crippen molar-refractivity contribution in [1.82, 2.24) is 5.32 Å². The van der Waals surface area contributed by atoms with Crippen molar-refractivity contribution in [3.8, 4) is 0 Å². The standard InChI is InChI=1S/C23H41NO3S/c1-3-4-5-6-7-8-9-10-11-12-13-14-15-16-17-18-22(25)24-21(23(26)27)19-20-28-2/h7-8,10-11,21H,3-6,9,12-20H2,1-2H3,(H,24,25)(H,26,27). The molecule has 0 aromatic rings. The summed E-state index contributed by atoms with van der Waals surface area (Å²) in [4.78, 5) is 23.0. The molecule has 2 N–H and O–H groups in total. The van der Waals surface area contributed by atoms with Crippen molar-refractivity contribution in [3.05, 3.63) is 24.3 Å². The number of carbonyl (C=O) groups excluding carboxylic acids is 1. The summed E-state index contributed by atoms with van der Waals surface area (Å²) in [5.74, 6) is -0.345. The number of aliphatic carboxylic acids is 1. The van der Waals surface area contributed by atoms with E-state index in [-0.39, 0.29) is 5.91 Å². The SMILES string of the molecule is CCCCCC=CCC=CCCCCCCCC(=O)NC(CCSC)C(=O)O. The lowest BCUT2D eigenvalue weighted by atomic mass is 10.1. The predicted octanol–water partition coefficient (Wildman–Crippen LogP) is 6.12. The van der Waals surface area contributed by atoms with E-state index in [0.29, 0.717) is 12.8 Å². The highest BCUT2D eigenvalue weighted by Crippen LogP contribution is 2.09. The molecular weight excluding hydrogens is 370 g/mol. The fraction of sp³-hybridized carbons (Fsp3) is 0.739. The average Bonchev–Trinajstić information content (AvgIpc) is 2.67. The molecule has 0 aliphatic carbocycles. The lowest BCUT2D eigenvalue weighted by molar-refractivity contribution is -0.141. The van der Waals surface area contributed by atoms with Crippen LogP contribution in [0.5, 0.6) is 0 Å². The number of thioether (sulfide) groups is 1. The predicted molar refractivity (Wildman–Crippen MR) is 122 cm³/mol. The van der Waals surface area contributed by atoms with Gasteiger partial charge in [-0.15, -0.1) is 0 Å². The van der Waals surface area contributed by atoms with Gasteiger partial charge < -0.3 is 10.4 Å². The lowest BCUT2D eigenvalue weighted by Gasteiger charge is -2.13. The van der Waals surface area contributed by atoms with Crippen molar-refractivity contribution in [2.75, 3.05) is 12.0 Å². The molecule has 0 fully saturated rings. The van der Waals surface area contributed by atoms with Gasteiger partial charge in [-0.3, -0.25) is 4.79 Å². The van der Waals surface area contributed by atoms with Crippen LogP contribution in [-0.2, 0) is 9.59 Å². The van der Waals surface area contributed by atoms with Crippen molar-refractivity contribution >= 4 is 23.6 Å². The Hall–Kier alpha value is -1.23. The third-order valence-electron chi connectivity index (χ3n) is 4.60. The summed E-state index contributed by atoms with van der Waals surface area (Å²) in [5, 5.41) is 11.8. The van der Waals surface area contributed by atoms with Gasteiger partial charge in [0.25, 0.3) is 0 Å². The van der Waals surface area contributed by atoms with Crippen molar-refractivity contribution in [3.63, 3.8) is 0 Å². The second kappa shape index (κ2) is 20.5. The Bertz CT molecular complexity index is 449. The molecule has 1 amide bonds. The molecule has 1 unspecified atom stereocenters. The van der Waals surface area contributed by atoms with E-state index in [9.17, 15) is 9.59 Å². The minimum Gasteiger partial charge on any atom is -0.480 e. The first-order valence-electron chi connectivity index (χ1n) is 10.9. The van der Waals surface area contributed by atoms with Crippen LogP contribution in [0, 0.1) is 0 Å². The van der Waals surface area contributed by atoms with Gasteiger partial charge in [-0.1, -0.05) is 63.3 Å². The Morgan fingerprint density at radius 1 is 0.929 bits per heavy atom. The number of unbranched alkanes of at least 4 members (excludes halogenated alkanes) is 8. The highest BCUT2D eigenvalue weighted by atomic mass is 32.2. The van der Waals surface area contributed by atoms with Crippen LogP contribution < -0.4 is 5.32 Å². The van der Waals surface area contributed by atoms with Crippen LogP contribution in [0.25, 0.3) is 0 Å². The number of hydrogen-bond acceptors (Lipinski definition) is 3. The van der Waals surface area contributed by atoms with Crippen LogP contribution in [-0.4, -0.2) is 35.0 Å². The van der Waals surface area contributed by atoms with Gasteiger partial charge in [0.05, 0.1) is 0 Å². The summed E-state index contributed by atoms with van der Waals surface area (Å²) in [6.45, 7) is 2.23. The van der Waals surface area contributed by atoms with E-state index in [2.05, 4.69) is 36.5 Å². The lowest BCUT2D eigenvalue weighted by Crippen LogP contribution is -2.41. The molecule has 0 rings (SSSR count). The van der Waals surface area contributed by atoms with E-state index in [1.165, 1.54) is 38.5 Å². The topological polar surface area (TPSA) is 66.4 Å². The van der Waals surface area contributed by atoms with Crippen LogP contribution in [0.15, 0.2) is 24.3 Å². The minimum absolute atomic E-state index is 0.140. The number of carboxylic acid groups (broad SMARTS) is 1. The summed E-state index contributed by atoms with van der Waals surface area (Å²) in [7, 11) is 0. The number of allylic oxidation sites excluding steroid dienone is 4. The smallest absolute Gasteiger partial charge is 0.326 e. The average molecular weight is 412 g/mol. The molecule has 0 aromatic heterocycles. The van der Waals surface area contributed by atoms with E-state index in [4.69, 9.17) is 5.11 Å². The molecule has 1 atom stereocenters. The van der Waals surface area contributed by atoms with E-state index in [0.717, 1.165) is 37.9 Å². The molecule has 0 saturated heterocycles. The number of nitrogens with one attached hydrogen (secondary N) is 1. The minimum atomic E-state index is -0.942. The highest BCUT2D eigenvalue weighted by molar-refractivity contribution is 7.98. The van der Waals surface area contributed by atoms with Crippen LogP contribution in [0.2, 0.25) is 0 Å². The van der Waals surface area contributed by atoms with E-state index in [1.807, 2.05) is 6.26 Å². The molecule has 5 heteroatoms. The van der Waals surface area contributed by atoms with E-state index in [1.54, 1.807) is 11.8 Å². The molecule has 0 saturated carbocycles. The van der Waals surface area contributed by atoms with Gasteiger partial charge in [-0.2, -0.15) is 11.8 Å². The molecule has 4 nitrogen and oxygen atoms in total. The summed E-state index contributed by atoms with van der Waals surface area (Å²) in [6.07, 6.45) is 24.5. The van der Waals surface area contributed by atoms with Crippen LogP contribution in [0.4, 0.5) is 0 Å². The first-order chi connectivity index (χ1) is 13.6. The van der Waals surface area contributed by atoms with Gasteiger partial charge in [0.1, 0.15) is 6.04 Å². The monoisotopic (exact) mass is 411 g/mol. The number of rotatable bonds is 19. The highest BCUT2D eigenvalue weighted by Gasteiger charge is 2.18. The fourth-order valence-electron chi connectivity index (χ4n) is 2.86. The number of carbonyl (C=O) groups is 2. The maximum absolute atomic E-state index is 11.9. The second-order valence-corrected chi connectivity index (χ2v) is 8.21. The third-order valence-corrected chi connectivity index (χ3v) is 5.24. The van der Waals surface area contributed by atoms with Gasteiger partial charge in [-0.05, 0) is 57.0 Å². The van der Waals surface area contributed by atoms with E-state index < -0.39 is 12.0 Å². The Labute approximate surface area is 176 Å². The molecule has 0 aromatic carbocycles. The van der Waals surface area contributed by atoms with Gasteiger partial charge >= 0.3 is 5.97 Å². The van der Waals surface area contributed by atoms with Gasteiger partial charge in [0.15, 0.2) is 0 Å². The van der Waals surface area contributed by atoms with Crippen LogP contribution in [0.1, 0.15) is 90.4 Å². The first kappa shape index (κ1) is 26.8. The quantitative estimate of drug-likeness (QED) is 0.198. The summed E-state index contributed by atoms with van der Waals surface area (Å²) >= 11 is 1.59. The molecule has 162 valence electrons. The van der Waals surface area contributed by atoms with Crippen LogP contribution in [0.3, 0.4) is 0 Å². The Kier molecular flexibility index (Phi) is 19.6. The molecular formula is C23H41NO3S. The van der Waals surface area contributed by atoms with Crippen molar-refractivity contribution in [2.45, 2.75) is 96.4 Å². The Morgan fingerprint density at radius 2 is 1.54 bits per heavy atom. The molecule has 28 heavy (non-hydrogen) atoms. The van der Waals surface area contributed by atoms with E-state index >= 15 is 0 Å². The second-order valence-electron chi connectivity index (χ2n) is 7.22. The first-order valence-corrected chi connectivity index (χ1v) is 12.3. The summed E-state index contributed by atoms with van der Waals surface area (Å²) in [5.41, 5.74) is 0. The maximum Gasteiger partial charge on any atom is 0.326 e. The largest absolute Gasteiger partial charge is 0.480 e. The summed E-state index contributed by atoms with van der Waals surface area (Å²) < 4.78 is 0. The number of carboxylic acids is 1. The Morgan fingerprint density at radius 3 is 2.14 bits per heavy atom. The molecule has 0 heterocycles.